The Kier molecular flexibility index (Phi) is 6.17. The SMILES string of the molecule is O=C(Cc1cccc(C2CCCN2C(=O)CCl)c1)Nc1cccc(Cl)c1. The number of rotatable bonds is 5. The molecule has 1 aliphatic rings. The fourth-order valence-corrected chi connectivity index (χ4v) is 3.70. The van der Waals surface area contributed by atoms with Gasteiger partial charge < -0.3 is 10.2 Å². The average molecular weight is 391 g/mol. The summed E-state index contributed by atoms with van der Waals surface area (Å²) in [6.07, 6.45) is 2.14. The predicted molar refractivity (Wildman–Crippen MR) is 105 cm³/mol. The molecule has 1 saturated heterocycles. The van der Waals surface area contributed by atoms with Gasteiger partial charge in [-0.2, -0.15) is 0 Å². The molecule has 0 radical (unpaired) electrons. The summed E-state index contributed by atoms with van der Waals surface area (Å²) in [6, 6.07) is 15.0. The van der Waals surface area contributed by atoms with Crippen LogP contribution in [-0.2, 0) is 16.0 Å². The van der Waals surface area contributed by atoms with Crippen LogP contribution < -0.4 is 5.32 Å². The lowest BCUT2D eigenvalue weighted by molar-refractivity contribution is -0.129. The molecule has 26 heavy (non-hydrogen) atoms. The number of hydrogen-bond acceptors (Lipinski definition) is 2. The van der Waals surface area contributed by atoms with E-state index in [2.05, 4.69) is 5.32 Å². The van der Waals surface area contributed by atoms with E-state index in [0.717, 1.165) is 30.5 Å². The summed E-state index contributed by atoms with van der Waals surface area (Å²) in [7, 11) is 0. The topological polar surface area (TPSA) is 49.4 Å². The van der Waals surface area contributed by atoms with Crippen LogP contribution in [0.1, 0.15) is 30.0 Å². The Bertz CT molecular complexity index is 810. The van der Waals surface area contributed by atoms with Gasteiger partial charge in [-0.25, -0.2) is 0 Å². The first-order valence-electron chi connectivity index (χ1n) is 8.56. The minimum atomic E-state index is -0.107. The molecule has 4 nitrogen and oxygen atoms in total. The molecule has 0 bridgehead atoms. The molecule has 2 aromatic rings. The summed E-state index contributed by atoms with van der Waals surface area (Å²) in [5.74, 6) is -0.152. The maximum atomic E-state index is 12.3. The van der Waals surface area contributed by atoms with Gasteiger partial charge in [-0.1, -0.05) is 41.9 Å². The lowest BCUT2D eigenvalue weighted by Crippen LogP contribution is -2.31. The second-order valence-corrected chi connectivity index (χ2v) is 7.06. The Morgan fingerprint density at radius 1 is 1.15 bits per heavy atom. The van der Waals surface area contributed by atoms with Gasteiger partial charge in [0.05, 0.1) is 12.5 Å². The summed E-state index contributed by atoms with van der Waals surface area (Å²) >= 11 is 11.7. The minimum Gasteiger partial charge on any atom is -0.335 e. The van der Waals surface area contributed by atoms with Crippen molar-refractivity contribution in [2.45, 2.75) is 25.3 Å². The zero-order valence-corrected chi connectivity index (χ0v) is 15.8. The fourth-order valence-electron chi connectivity index (χ4n) is 3.36. The van der Waals surface area contributed by atoms with Crippen LogP contribution in [0.25, 0.3) is 0 Å². The number of hydrogen-bond donors (Lipinski definition) is 1. The molecule has 6 heteroatoms. The van der Waals surface area contributed by atoms with Gasteiger partial charge in [0.25, 0.3) is 0 Å². The Balaban J connectivity index is 1.69. The lowest BCUT2D eigenvalue weighted by Gasteiger charge is -2.24. The molecular formula is C20H20Cl2N2O2. The van der Waals surface area contributed by atoms with Crippen LogP contribution in [0, 0.1) is 0 Å². The third kappa shape index (κ3) is 4.57. The van der Waals surface area contributed by atoms with Crippen LogP contribution in [-0.4, -0.2) is 29.1 Å². The molecule has 1 heterocycles. The van der Waals surface area contributed by atoms with Gasteiger partial charge in [-0.3, -0.25) is 9.59 Å². The van der Waals surface area contributed by atoms with E-state index in [4.69, 9.17) is 23.2 Å². The van der Waals surface area contributed by atoms with Gasteiger partial charge in [0.15, 0.2) is 0 Å². The van der Waals surface area contributed by atoms with Crippen LogP contribution in [0.2, 0.25) is 5.02 Å². The predicted octanol–water partition coefficient (Wildman–Crippen LogP) is 4.42. The number of likely N-dealkylation sites (tertiary alicyclic amines) is 1. The molecule has 3 rings (SSSR count). The van der Waals surface area contributed by atoms with Crippen molar-refractivity contribution in [1.29, 1.82) is 0 Å². The number of amides is 2. The van der Waals surface area contributed by atoms with Gasteiger partial charge in [0.1, 0.15) is 5.88 Å². The second kappa shape index (κ2) is 8.56. The summed E-state index contributed by atoms with van der Waals surface area (Å²) < 4.78 is 0. The number of halogens is 2. The highest BCUT2D eigenvalue weighted by atomic mass is 35.5. The highest BCUT2D eigenvalue weighted by Crippen LogP contribution is 2.32. The molecule has 0 spiro atoms. The molecule has 1 unspecified atom stereocenters. The highest BCUT2D eigenvalue weighted by Gasteiger charge is 2.29. The molecule has 0 aromatic heterocycles. The number of benzene rings is 2. The maximum Gasteiger partial charge on any atom is 0.238 e. The van der Waals surface area contributed by atoms with Gasteiger partial charge in [0.2, 0.25) is 11.8 Å². The quantitative estimate of drug-likeness (QED) is 0.767. The number of carbonyl (C=O) groups excluding carboxylic acids is 2. The third-order valence-corrected chi connectivity index (χ3v) is 4.96. The second-order valence-electron chi connectivity index (χ2n) is 6.36. The third-order valence-electron chi connectivity index (χ3n) is 4.50. The van der Waals surface area contributed by atoms with Crippen molar-refractivity contribution in [2.75, 3.05) is 17.7 Å². The molecular weight excluding hydrogens is 371 g/mol. The molecule has 0 aliphatic carbocycles. The van der Waals surface area contributed by atoms with E-state index in [1.165, 1.54) is 0 Å². The van der Waals surface area contributed by atoms with Crippen molar-refractivity contribution in [3.05, 3.63) is 64.7 Å². The zero-order chi connectivity index (χ0) is 18.5. The van der Waals surface area contributed by atoms with Crippen LogP contribution in [0.4, 0.5) is 5.69 Å². The van der Waals surface area contributed by atoms with Crippen molar-refractivity contribution in [3.63, 3.8) is 0 Å². The maximum absolute atomic E-state index is 12.3. The standard InChI is InChI=1S/C20H20Cl2N2O2/c21-13-20(26)24-9-3-8-18(24)15-5-1-4-14(10-15)11-19(25)23-17-7-2-6-16(22)12-17/h1-2,4-7,10,12,18H,3,8-9,11,13H2,(H,23,25). The highest BCUT2D eigenvalue weighted by molar-refractivity contribution is 6.30. The normalized spacial score (nSPS) is 16.5. The molecule has 1 atom stereocenters. The molecule has 1 aliphatic heterocycles. The van der Waals surface area contributed by atoms with E-state index in [1.807, 2.05) is 29.2 Å². The molecule has 1 N–H and O–H groups in total. The van der Waals surface area contributed by atoms with Crippen molar-refractivity contribution in [1.82, 2.24) is 4.90 Å². The molecule has 1 fully saturated rings. The average Bonchev–Trinajstić information content (AvgIpc) is 3.11. The van der Waals surface area contributed by atoms with Gasteiger partial charge in [-0.05, 0) is 42.2 Å². The van der Waals surface area contributed by atoms with E-state index in [-0.39, 0.29) is 30.2 Å². The number of anilines is 1. The van der Waals surface area contributed by atoms with Crippen molar-refractivity contribution < 1.29 is 9.59 Å². The van der Waals surface area contributed by atoms with Crippen molar-refractivity contribution in [3.8, 4) is 0 Å². The van der Waals surface area contributed by atoms with Crippen LogP contribution >= 0.6 is 23.2 Å². The number of nitrogens with zero attached hydrogens (tertiary/aromatic N) is 1. The Labute approximate surface area is 163 Å². The van der Waals surface area contributed by atoms with Gasteiger partial charge in [0, 0.05) is 17.3 Å². The Morgan fingerprint density at radius 3 is 2.73 bits per heavy atom. The van der Waals surface area contributed by atoms with E-state index in [9.17, 15) is 9.59 Å². The molecule has 2 aromatic carbocycles. The van der Waals surface area contributed by atoms with Crippen LogP contribution in [0.3, 0.4) is 0 Å². The van der Waals surface area contributed by atoms with E-state index < -0.39 is 0 Å². The van der Waals surface area contributed by atoms with Crippen molar-refractivity contribution in [2.24, 2.45) is 0 Å². The fraction of sp³-hybridized carbons (Fsp3) is 0.300. The van der Waals surface area contributed by atoms with Crippen molar-refractivity contribution >= 4 is 40.7 Å². The first-order valence-corrected chi connectivity index (χ1v) is 9.48. The first kappa shape index (κ1) is 18.7. The summed E-state index contributed by atoms with van der Waals surface area (Å²) in [4.78, 5) is 26.2. The zero-order valence-electron chi connectivity index (χ0n) is 14.3. The Morgan fingerprint density at radius 2 is 1.96 bits per heavy atom. The smallest absolute Gasteiger partial charge is 0.238 e. The summed E-state index contributed by atoms with van der Waals surface area (Å²) in [5.41, 5.74) is 2.63. The van der Waals surface area contributed by atoms with E-state index in [0.29, 0.717) is 10.7 Å². The van der Waals surface area contributed by atoms with Gasteiger partial charge in [-0.15, -0.1) is 11.6 Å². The molecule has 0 saturated carbocycles. The number of alkyl halides is 1. The van der Waals surface area contributed by atoms with Crippen LogP contribution in [0.5, 0.6) is 0 Å². The van der Waals surface area contributed by atoms with E-state index >= 15 is 0 Å². The lowest BCUT2D eigenvalue weighted by atomic mass is 10.0. The molecule has 2 amide bonds. The van der Waals surface area contributed by atoms with E-state index in [1.54, 1.807) is 24.3 Å². The van der Waals surface area contributed by atoms with Gasteiger partial charge >= 0.3 is 0 Å². The first-order chi connectivity index (χ1) is 12.6. The summed E-state index contributed by atoms with van der Waals surface area (Å²) in [6.45, 7) is 0.732. The number of nitrogens with one attached hydrogen (secondary N) is 1. The molecule has 136 valence electrons. The summed E-state index contributed by atoms with van der Waals surface area (Å²) in [5, 5.41) is 3.43. The Hall–Kier alpha value is -2.04. The monoisotopic (exact) mass is 390 g/mol. The minimum absolute atomic E-state index is 0.00175. The number of carbonyl (C=O) groups is 2. The largest absolute Gasteiger partial charge is 0.335 e. The van der Waals surface area contributed by atoms with Crippen LogP contribution in [0.15, 0.2) is 48.5 Å².